The summed E-state index contributed by atoms with van der Waals surface area (Å²) in [6.07, 6.45) is -2.77. The highest BCUT2D eigenvalue weighted by Gasteiger charge is 2.32. The highest BCUT2D eigenvalue weighted by Crippen LogP contribution is 2.34. The van der Waals surface area contributed by atoms with Crippen LogP contribution in [0.25, 0.3) is 0 Å². The lowest BCUT2D eigenvalue weighted by Crippen LogP contribution is -2.17. The van der Waals surface area contributed by atoms with Gasteiger partial charge in [-0.15, -0.1) is 0 Å². The molecule has 5 heteroatoms. The lowest BCUT2D eigenvalue weighted by molar-refractivity contribution is -0.136. The van der Waals surface area contributed by atoms with Crippen molar-refractivity contribution in [3.63, 3.8) is 0 Å². The van der Waals surface area contributed by atoms with Gasteiger partial charge in [0, 0.05) is 18.3 Å². The van der Waals surface area contributed by atoms with Crippen molar-refractivity contribution in [2.24, 2.45) is 5.73 Å². The zero-order valence-corrected chi connectivity index (χ0v) is 9.72. The van der Waals surface area contributed by atoms with Crippen LogP contribution in [-0.2, 0) is 6.18 Å². The monoisotopic (exact) mass is 246 g/mol. The van der Waals surface area contributed by atoms with Crippen LogP contribution in [0.4, 0.5) is 18.9 Å². The van der Waals surface area contributed by atoms with E-state index in [-0.39, 0.29) is 11.7 Å². The Morgan fingerprint density at radius 2 is 1.94 bits per heavy atom. The molecule has 1 aromatic carbocycles. The van der Waals surface area contributed by atoms with Gasteiger partial charge < -0.3 is 11.1 Å². The number of benzene rings is 1. The van der Waals surface area contributed by atoms with Gasteiger partial charge in [-0.3, -0.25) is 0 Å². The van der Waals surface area contributed by atoms with Crippen LogP contribution in [0.3, 0.4) is 0 Å². The number of halogens is 3. The maximum atomic E-state index is 12.6. The Morgan fingerprint density at radius 1 is 1.29 bits per heavy atom. The third-order valence-electron chi connectivity index (χ3n) is 2.38. The molecule has 0 aromatic heterocycles. The molecule has 0 saturated heterocycles. The number of hydrogen-bond donors (Lipinski definition) is 2. The lowest BCUT2D eigenvalue weighted by Gasteiger charge is -2.14. The highest BCUT2D eigenvalue weighted by atomic mass is 19.4. The standard InChI is InChI=1S/C12H17F3N2/c1-9(16)5-4-8-17-11-7-3-2-6-10(11)12(13,14)15/h2-3,6-7,9,17H,4-5,8,16H2,1H3. The van der Waals surface area contributed by atoms with E-state index >= 15 is 0 Å². The minimum Gasteiger partial charge on any atom is -0.385 e. The van der Waals surface area contributed by atoms with E-state index in [4.69, 9.17) is 5.73 Å². The molecule has 17 heavy (non-hydrogen) atoms. The number of nitrogens with one attached hydrogen (secondary N) is 1. The summed E-state index contributed by atoms with van der Waals surface area (Å²) in [4.78, 5) is 0. The predicted octanol–water partition coefficient (Wildman–Crippen LogP) is 3.24. The van der Waals surface area contributed by atoms with E-state index in [1.54, 1.807) is 6.07 Å². The quantitative estimate of drug-likeness (QED) is 0.783. The van der Waals surface area contributed by atoms with Gasteiger partial charge >= 0.3 is 6.18 Å². The molecule has 96 valence electrons. The molecule has 1 atom stereocenters. The van der Waals surface area contributed by atoms with Crippen LogP contribution in [0.1, 0.15) is 25.3 Å². The number of anilines is 1. The molecule has 3 N–H and O–H groups in total. The van der Waals surface area contributed by atoms with Gasteiger partial charge in [0.05, 0.1) is 5.56 Å². The van der Waals surface area contributed by atoms with Gasteiger partial charge in [-0.25, -0.2) is 0 Å². The number of alkyl halides is 3. The number of para-hydroxylation sites is 1. The molecule has 0 fully saturated rings. The van der Waals surface area contributed by atoms with E-state index in [2.05, 4.69) is 5.32 Å². The fourth-order valence-corrected chi connectivity index (χ4v) is 1.53. The van der Waals surface area contributed by atoms with E-state index in [1.807, 2.05) is 6.92 Å². The minimum absolute atomic E-state index is 0.0784. The van der Waals surface area contributed by atoms with E-state index in [0.717, 1.165) is 18.9 Å². The van der Waals surface area contributed by atoms with Gasteiger partial charge in [0.2, 0.25) is 0 Å². The molecule has 0 radical (unpaired) electrons. The average Bonchev–Trinajstić information content (AvgIpc) is 2.23. The molecule has 0 saturated carbocycles. The third-order valence-corrected chi connectivity index (χ3v) is 2.38. The summed E-state index contributed by atoms with van der Waals surface area (Å²) in [5, 5.41) is 2.80. The van der Waals surface area contributed by atoms with Crippen molar-refractivity contribution in [1.82, 2.24) is 0 Å². The van der Waals surface area contributed by atoms with Gasteiger partial charge in [-0.1, -0.05) is 12.1 Å². The average molecular weight is 246 g/mol. The molecular formula is C12H17F3N2. The minimum atomic E-state index is -4.31. The fourth-order valence-electron chi connectivity index (χ4n) is 1.53. The first-order chi connectivity index (χ1) is 7.91. The molecule has 0 aliphatic carbocycles. The second-order valence-electron chi connectivity index (χ2n) is 4.09. The first-order valence-electron chi connectivity index (χ1n) is 5.57. The van der Waals surface area contributed by atoms with E-state index in [0.29, 0.717) is 6.54 Å². The van der Waals surface area contributed by atoms with Crippen LogP contribution in [0.15, 0.2) is 24.3 Å². The normalized spacial score (nSPS) is 13.5. The van der Waals surface area contributed by atoms with Gasteiger partial charge in [0.25, 0.3) is 0 Å². The summed E-state index contributed by atoms with van der Waals surface area (Å²) in [5.41, 5.74) is 5.07. The second kappa shape index (κ2) is 5.91. The number of nitrogens with two attached hydrogens (primary N) is 1. The van der Waals surface area contributed by atoms with Crippen molar-refractivity contribution in [3.05, 3.63) is 29.8 Å². The molecule has 1 rings (SSSR count). The van der Waals surface area contributed by atoms with Crippen LogP contribution >= 0.6 is 0 Å². The topological polar surface area (TPSA) is 38.0 Å². The smallest absolute Gasteiger partial charge is 0.385 e. The van der Waals surface area contributed by atoms with E-state index in [9.17, 15) is 13.2 Å². The molecule has 0 spiro atoms. The summed E-state index contributed by atoms with van der Waals surface area (Å²) in [7, 11) is 0. The Bertz CT molecular complexity index is 348. The van der Waals surface area contributed by atoms with Crippen LogP contribution in [0.5, 0.6) is 0 Å². The molecule has 0 heterocycles. The van der Waals surface area contributed by atoms with Crippen molar-refractivity contribution < 1.29 is 13.2 Å². The van der Waals surface area contributed by atoms with Crippen molar-refractivity contribution >= 4 is 5.69 Å². The van der Waals surface area contributed by atoms with Crippen LogP contribution < -0.4 is 11.1 Å². The van der Waals surface area contributed by atoms with E-state index in [1.165, 1.54) is 12.1 Å². The fraction of sp³-hybridized carbons (Fsp3) is 0.500. The number of hydrogen-bond acceptors (Lipinski definition) is 2. The molecular weight excluding hydrogens is 229 g/mol. The van der Waals surface area contributed by atoms with Gasteiger partial charge in [0.1, 0.15) is 0 Å². The van der Waals surface area contributed by atoms with Gasteiger partial charge in [-0.05, 0) is 31.9 Å². The van der Waals surface area contributed by atoms with Crippen molar-refractivity contribution in [1.29, 1.82) is 0 Å². The van der Waals surface area contributed by atoms with Crippen molar-refractivity contribution in [2.75, 3.05) is 11.9 Å². The van der Waals surface area contributed by atoms with Crippen molar-refractivity contribution in [3.8, 4) is 0 Å². The Hall–Kier alpha value is -1.23. The Kier molecular flexibility index (Phi) is 4.81. The maximum absolute atomic E-state index is 12.6. The maximum Gasteiger partial charge on any atom is 0.418 e. The third kappa shape index (κ3) is 4.65. The zero-order chi connectivity index (χ0) is 12.9. The molecule has 0 aliphatic heterocycles. The largest absolute Gasteiger partial charge is 0.418 e. The molecule has 0 aliphatic rings. The summed E-state index contributed by atoms with van der Waals surface area (Å²) in [5.74, 6) is 0. The van der Waals surface area contributed by atoms with Crippen LogP contribution in [-0.4, -0.2) is 12.6 Å². The predicted molar refractivity (Wildman–Crippen MR) is 62.8 cm³/mol. The zero-order valence-electron chi connectivity index (χ0n) is 9.72. The second-order valence-corrected chi connectivity index (χ2v) is 4.09. The molecule has 1 unspecified atom stereocenters. The molecule has 1 aromatic rings. The first-order valence-corrected chi connectivity index (χ1v) is 5.57. The highest BCUT2D eigenvalue weighted by molar-refractivity contribution is 5.52. The lowest BCUT2D eigenvalue weighted by atomic mass is 10.1. The number of rotatable bonds is 5. The summed E-state index contributed by atoms with van der Waals surface area (Å²) in [6, 6.07) is 5.57. The molecule has 0 amide bonds. The van der Waals surface area contributed by atoms with Crippen LogP contribution in [0.2, 0.25) is 0 Å². The first kappa shape index (κ1) is 13.8. The molecule has 0 bridgehead atoms. The Morgan fingerprint density at radius 3 is 2.53 bits per heavy atom. The van der Waals surface area contributed by atoms with Crippen molar-refractivity contribution in [2.45, 2.75) is 32.0 Å². The van der Waals surface area contributed by atoms with E-state index < -0.39 is 11.7 Å². The van der Waals surface area contributed by atoms with Gasteiger partial charge in [-0.2, -0.15) is 13.2 Å². The van der Waals surface area contributed by atoms with Gasteiger partial charge in [0.15, 0.2) is 0 Å². The molecule has 2 nitrogen and oxygen atoms in total. The Balaban J connectivity index is 2.59. The summed E-state index contributed by atoms with van der Waals surface area (Å²) < 4.78 is 37.9. The van der Waals surface area contributed by atoms with Crippen LogP contribution in [0, 0.1) is 0 Å². The summed E-state index contributed by atoms with van der Waals surface area (Å²) in [6.45, 7) is 2.37. The SMILES string of the molecule is CC(N)CCCNc1ccccc1C(F)(F)F. The Labute approximate surface area is 99.0 Å². The summed E-state index contributed by atoms with van der Waals surface area (Å²) >= 11 is 0.